The van der Waals surface area contributed by atoms with Crippen LogP contribution in [-0.2, 0) is 6.18 Å². The summed E-state index contributed by atoms with van der Waals surface area (Å²) in [5.74, 6) is -1.22. The zero-order chi connectivity index (χ0) is 17.2. The van der Waals surface area contributed by atoms with Gasteiger partial charge in [-0.3, -0.25) is 10.1 Å². The third kappa shape index (κ3) is 3.60. The van der Waals surface area contributed by atoms with E-state index in [0.717, 1.165) is 12.1 Å². The zero-order valence-electron chi connectivity index (χ0n) is 11.3. The Bertz CT molecular complexity index is 783. The van der Waals surface area contributed by atoms with Gasteiger partial charge in [0.25, 0.3) is 5.69 Å². The number of hydrogen-bond donors (Lipinski definition) is 0. The van der Waals surface area contributed by atoms with E-state index in [2.05, 4.69) is 0 Å². The van der Waals surface area contributed by atoms with Crippen LogP contribution in [0.25, 0.3) is 0 Å². The highest BCUT2D eigenvalue weighted by Crippen LogP contribution is 2.39. The van der Waals surface area contributed by atoms with E-state index in [4.69, 9.17) is 11.6 Å². The van der Waals surface area contributed by atoms with Crippen LogP contribution in [0, 0.1) is 21.4 Å². The molecule has 0 saturated heterocycles. The van der Waals surface area contributed by atoms with Gasteiger partial charge in [0.1, 0.15) is 0 Å². The van der Waals surface area contributed by atoms with Crippen molar-refractivity contribution in [3.8, 4) is 6.07 Å². The molecule has 23 heavy (non-hydrogen) atoms. The lowest BCUT2D eigenvalue weighted by Crippen LogP contribution is -2.13. The van der Waals surface area contributed by atoms with Gasteiger partial charge in [0.2, 0.25) is 0 Å². The van der Waals surface area contributed by atoms with E-state index < -0.39 is 28.3 Å². The molecule has 118 valence electrons. The minimum atomic E-state index is -4.82. The maximum atomic E-state index is 13.2. The summed E-state index contributed by atoms with van der Waals surface area (Å²) in [6, 6.07) is 9.95. The van der Waals surface area contributed by atoms with Gasteiger partial charge in [0, 0.05) is 17.2 Å². The van der Waals surface area contributed by atoms with Crippen molar-refractivity contribution in [1.82, 2.24) is 0 Å². The third-order valence-electron chi connectivity index (χ3n) is 3.20. The monoisotopic (exact) mass is 340 g/mol. The van der Waals surface area contributed by atoms with Crippen molar-refractivity contribution < 1.29 is 18.1 Å². The first-order chi connectivity index (χ1) is 10.7. The van der Waals surface area contributed by atoms with Crippen molar-refractivity contribution in [1.29, 1.82) is 5.26 Å². The first-order valence-corrected chi connectivity index (χ1v) is 6.62. The van der Waals surface area contributed by atoms with Crippen molar-refractivity contribution in [2.24, 2.45) is 0 Å². The van der Waals surface area contributed by atoms with Gasteiger partial charge >= 0.3 is 6.18 Å². The molecule has 4 nitrogen and oxygen atoms in total. The van der Waals surface area contributed by atoms with Crippen molar-refractivity contribution in [3.63, 3.8) is 0 Å². The maximum Gasteiger partial charge on any atom is 0.416 e. The molecule has 0 heterocycles. The van der Waals surface area contributed by atoms with Crippen LogP contribution in [0.4, 0.5) is 18.9 Å². The minimum Gasteiger partial charge on any atom is -0.258 e. The Labute approximate surface area is 133 Å². The molecule has 1 unspecified atom stereocenters. The molecule has 0 spiro atoms. The average Bonchev–Trinajstić information content (AvgIpc) is 2.49. The Morgan fingerprint density at radius 1 is 1.17 bits per heavy atom. The first kappa shape index (κ1) is 16.8. The topological polar surface area (TPSA) is 66.9 Å². The lowest BCUT2D eigenvalue weighted by molar-refractivity contribution is -0.385. The first-order valence-electron chi connectivity index (χ1n) is 6.24. The Hall–Kier alpha value is -2.59. The second-order valence-electron chi connectivity index (χ2n) is 4.64. The number of hydrogen-bond acceptors (Lipinski definition) is 3. The third-order valence-corrected chi connectivity index (χ3v) is 3.45. The van der Waals surface area contributed by atoms with Crippen LogP contribution in [0.15, 0.2) is 42.5 Å². The summed E-state index contributed by atoms with van der Waals surface area (Å²) in [6.07, 6.45) is -4.82. The summed E-state index contributed by atoms with van der Waals surface area (Å²) in [7, 11) is 0. The van der Waals surface area contributed by atoms with Gasteiger partial charge in [-0.25, -0.2) is 0 Å². The van der Waals surface area contributed by atoms with Crippen LogP contribution in [0.2, 0.25) is 5.02 Å². The summed E-state index contributed by atoms with van der Waals surface area (Å²) < 4.78 is 39.6. The van der Waals surface area contributed by atoms with Crippen molar-refractivity contribution in [2.45, 2.75) is 12.1 Å². The number of nitro benzene ring substituents is 1. The Morgan fingerprint density at radius 2 is 1.78 bits per heavy atom. The molecular weight excluding hydrogens is 333 g/mol. The van der Waals surface area contributed by atoms with Gasteiger partial charge in [-0.15, -0.1) is 0 Å². The van der Waals surface area contributed by atoms with Crippen LogP contribution in [-0.4, -0.2) is 4.92 Å². The molecule has 0 aliphatic carbocycles. The Balaban J connectivity index is 2.62. The molecule has 0 radical (unpaired) electrons. The minimum absolute atomic E-state index is 0.316. The molecule has 0 aliphatic heterocycles. The van der Waals surface area contributed by atoms with Crippen molar-refractivity contribution in [2.75, 3.05) is 0 Å². The standard InChI is InChI=1S/C15H8ClF3N2O2/c16-10-3-1-9(2-4-10)13(8-20)12-6-5-11(21(22)23)7-14(12)15(17,18)19/h1-7,13H. The van der Waals surface area contributed by atoms with Crippen molar-refractivity contribution in [3.05, 3.63) is 74.3 Å². The predicted octanol–water partition coefficient (Wildman–Crippen LogP) is 4.92. The number of nitro groups is 1. The number of alkyl halides is 3. The molecule has 2 aromatic carbocycles. The van der Waals surface area contributed by atoms with E-state index in [1.807, 2.05) is 0 Å². The average molecular weight is 341 g/mol. The normalized spacial score (nSPS) is 12.5. The highest BCUT2D eigenvalue weighted by atomic mass is 35.5. The summed E-state index contributed by atoms with van der Waals surface area (Å²) in [5.41, 5.74) is -1.91. The second kappa shape index (κ2) is 6.26. The van der Waals surface area contributed by atoms with E-state index in [0.29, 0.717) is 16.7 Å². The molecule has 0 amide bonds. The zero-order valence-corrected chi connectivity index (χ0v) is 12.1. The summed E-state index contributed by atoms with van der Waals surface area (Å²) in [4.78, 5) is 9.78. The van der Waals surface area contributed by atoms with Crippen LogP contribution >= 0.6 is 11.6 Å². The largest absolute Gasteiger partial charge is 0.416 e. The molecule has 0 bridgehead atoms. The lowest BCUT2D eigenvalue weighted by atomic mass is 9.88. The fraction of sp³-hybridized carbons (Fsp3) is 0.133. The van der Waals surface area contributed by atoms with Gasteiger partial charge in [-0.05, 0) is 29.3 Å². The van der Waals surface area contributed by atoms with Crippen LogP contribution in [0.5, 0.6) is 0 Å². The molecule has 0 N–H and O–H groups in total. The van der Waals surface area contributed by atoms with E-state index >= 15 is 0 Å². The molecule has 2 rings (SSSR count). The molecule has 0 saturated carbocycles. The molecule has 0 aromatic heterocycles. The highest BCUT2D eigenvalue weighted by Gasteiger charge is 2.37. The van der Waals surface area contributed by atoms with Crippen LogP contribution < -0.4 is 0 Å². The van der Waals surface area contributed by atoms with Crippen LogP contribution in [0.3, 0.4) is 0 Å². The fourth-order valence-electron chi connectivity index (χ4n) is 2.13. The van der Waals surface area contributed by atoms with E-state index in [1.165, 1.54) is 24.3 Å². The second-order valence-corrected chi connectivity index (χ2v) is 5.08. The number of nitriles is 1. The quantitative estimate of drug-likeness (QED) is 0.588. The Kier molecular flexibility index (Phi) is 4.57. The summed E-state index contributed by atoms with van der Waals surface area (Å²) >= 11 is 5.73. The van der Waals surface area contributed by atoms with Gasteiger partial charge in [0.05, 0.1) is 22.5 Å². The molecule has 2 aromatic rings. The molecule has 0 aliphatic rings. The van der Waals surface area contributed by atoms with Crippen LogP contribution in [0.1, 0.15) is 22.6 Å². The smallest absolute Gasteiger partial charge is 0.258 e. The number of benzene rings is 2. The van der Waals surface area contributed by atoms with E-state index in [1.54, 1.807) is 6.07 Å². The molecule has 0 fully saturated rings. The maximum absolute atomic E-state index is 13.2. The highest BCUT2D eigenvalue weighted by molar-refractivity contribution is 6.30. The molecule has 8 heteroatoms. The predicted molar refractivity (Wildman–Crippen MR) is 77.0 cm³/mol. The number of nitrogens with zero attached hydrogens (tertiary/aromatic N) is 2. The Morgan fingerprint density at radius 3 is 2.26 bits per heavy atom. The fourth-order valence-corrected chi connectivity index (χ4v) is 2.26. The van der Waals surface area contributed by atoms with Gasteiger partial charge in [-0.1, -0.05) is 23.7 Å². The molecular formula is C15H8ClF3N2O2. The number of non-ortho nitro benzene ring substituents is 1. The van der Waals surface area contributed by atoms with Crippen molar-refractivity contribution >= 4 is 17.3 Å². The molecule has 1 atom stereocenters. The lowest BCUT2D eigenvalue weighted by Gasteiger charge is -2.17. The van der Waals surface area contributed by atoms with E-state index in [-0.39, 0.29) is 5.56 Å². The SMILES string of the molecule is N#CC(c1ccc(Cl)cc1)c1ccc([N+](=O)[O-])cc1C(F)(F)F. The number of rotatable bonds is 3. The summed E-state index contributed by atoms with van der Waals surface area (Å²) in [6.45, 7) is 0. The van der Waals surface area contributed by atoms with Gasteiger partial charge in [0.15, 0.2) is 0 Å². The number of halogens is 4. The van der Waals surface area contributed by atoms with Gasteiger partial charge in [-0.2, -0.15) is 18.4 Å². The van der Waals surface area contributed by atoms with Gasteiger partial charge < -0.3 is 0 Å². The summed E-state index contributed by atoms with van der Waals surface area (Å²) in [5, 5.41) is 20.4. The van der Waals surface area contributed by atoms with E-state index in [9.17, 15) is 28.5 Å².